The summed E-state index contributed by atoms with van der Waals surface area (Å²) in [4.78, 5) is 16.2. The van der Waals surface area contributed by atoms with Crippen molar-refractivity contribution in [2.45, 2.75) is 65.1 Å². The Bertz CT molecular complexity index is 2180. The number of non-ortho nitro benzene ring substituents is 1. The number of nitrogens with zero attached hydrogens (tertiary/aromatic N) is 2. The lowest BCUT2D eigenvalue weighted by Crippen LogP contribution is -2.42. The van der Waals surface area contributed by atoms with Crippen LogP contribution in [0.1, 0.15) is 58.4 Å². The quantitative estimate of drug-likeness (QED) is 0.0574. The van der Waals surface area contributed by atoms with Gasteiger partial charge in [0.25, 0.3) is 5.69 Å². The van der Waals surface area contributed by atoms with Crippen molar-refractivity contribution in [1.29, 1.82) is 0 Å². The zero-order valence-corrected chi connectivity index (χ0v) is 32.0. The minimum atomic E-state index is -1.93. The Hall–Kier alpha value is -6.45. The molecule has 6 aromatic carbocycles. The topological polar surface area (TPSA) is 124 Å². The molecule has 9 heteroatoms. The standard InChI is InChI=1S/C47H46N2O7/c1-32(2)56-40-20-17-35(18-21-40)27-46(48-29-38-28-39(49(52)53)19-22-43(38)50)47(51,41-25-33(3)15-23-44(41)54-30-36-11-7-5-8-12-36)42-26-34(4)16-24-45(42)55-31-37-13-9-6-10-14-37/h5-26,28-29,32,46,50-51H,27,30-31H2,1-4H3. The molecule has 0 aromatic heterocycles. The third kappa shape index (κ3) is 9.61. The van der Waals surface area contributed by atoms with Crippen molar-refractivity contribution in [3.63, 3.8) is 0 Å². The Balaban J connectivity index is 1.57. The van der Waals surface area contributed by atoms with Crippen molar-refractivity contribution in [1.82, 2.24) is 0 Å². The third-order valence-electron chi connectivity index (χ3n) is 9.39. The van der Waals surface area contributed by atoms with Gasteiger partial charge in [0.15, 0.2) is 0 Å². The first kappa shape index (κ1) is 39.2. The summed E-state index contributed by atoms with van der Waals surface area (Å²) < 4.78 is 19.0. The highest BCUT2D eigenvalue weighted by Gasteiger charge is 2.45. The molecule has 0 radical (unpaired) electrons. The van der Waals surface area contributed by atoms with Gasteiger partial charge in [-0.1, -0.05) is 96.1 Å². The second-order valence-corrected chi connectivity index (χ2v) is 14.1. The van der Waals surface area contributed by atoms with E-state index in [0.717, 1.165) is 27.8 Å². The summed E-state index contributed by atoms with van der Waals surface area (Å²) in [5.74, 6) is 1.39. The van der Waals surface area contributed by atoms with E-state index in [9.17, 15) is 20.3 Å². The third-order valence-corrected chi connectivity index (χ3v) is 9.39. The monoisotopic (exact) mass is 750 g/mol. The molecular formula is C47H46N2O7. The van der Waals surface area contributed by atoms with E-state index in [1.807, 2.05) is 149 Å². The molecule has 0 saturated heterocycles. The fourth-order valence-electron chi connectivity index (χ4n) is 6.55. The summed E-state index contributed by atoms with van der Waals surface area (Å²) in [6, 6.07) is 41.3. The van der Waals surface area contributed by atoms with Crippen LogP contribution in [0.4, 0.5) is 5.69 Å². The second kappa shape index (κ2) is 17.8. The van der Waals surface area contributed by atoms with E-state index in [2.05, 4.69) is 0 Å². The number of hydrogen-bond donors (Lipinski definition) is 2. The van der Waals surface area contributed by atoms with E-state index in [-0.39, 0.29) is 42.7 Å². The zero-order chi connectivity index (χ0) is 39.7. The van der Waals surface area contributed by atoms with Gasteiger partial charge in [0.2, 0.25) is 0 Å². The number of hydrogen-bond acceptors (Lipinski definition) is 8. The van der Waals surface area contributed by atoms with Gasteiger partial charge in [-0.05, 0) is 93.3 Å². The molecular weight excluding hydrogens is 705 g/mol. The van der Waals surface area contributed by atoms with Gasteiger partial charge >= 0.3 is 0 Å². The lowest BCUT2D eigenvalue weighted by atomic mass is 9.76. The molecule has 1 atom stereocenters. The van der Waals surface area contributed by atoms with Gasteiger partial charge in [0.05, 0.1) is 17.1 Å². The number of aliphatic hydroxyl groups is 1. The molecule has 2 N–H and O–H groups in total. The van der Waals surface area contributed by atoms with Crippen LogP contribution in [-0.4, -0.2) is 33.5 Å². The maximum Gasteiger partial charge on any atom is 0.270 e. The van der Waals surface area contributed by atoms with Crippen molar-refractivity contribution in [3.05, 3.63) is 194 Å². The van der Waals surface area contributed by atoms with Gasteiger partial charge in [-0.25, -0.2) is 0 Å². The number of phenolic OH excluding ortho intramolecular Hbond substituents is 1. The van der Waals surface area contributed by atoms with Crippen molar-refractivity contribution in [2.24, 2.45) is 4.99 Å². The Morgan fingerprint density at radius 1 is 0.714 bits per heavy atom. The zero-order valence-electron chi connectivity index (χ0n) is 32.0. The van der Waals surface area contributed by atoms with Gasteiger partial charge in [-0.3, -0.25) is 15.1 Å². The maximum absolute atomic E-state index is 13.9. The number of phenols is 1. The fourth-order valence-corrected chi connectivity index (χ4v) is 6.55. The van der Waals surface area contributed by atoms with E-state index in [1.165, 1.54) is 24.4 Å². The number of rotatable bonds is 16. The second-order valence-electron chi connectivity index (χ2n) is 14.1. The number of ether oxygens (including phenoxy) is 3. The Morgan fingerprint density at radius 3 is 1.75 bits per heavy atom. The highest BCUT2D eigenvalue weighted by molar-refractivity contribution is 5.84. The van der Waals surface area contributed by atoms with Crippen LogP contribution in [0.15, 0.2) is 145 Å². The first-order valence-corrected chi connectivity index (χ1v) is 18.5. The van der Waals surface area contributed by atoms with Gasteiger partial charge < -0.3 is 24.4 Å². The molecule has 0 fully saturated rings. The van der Waals surface area contributed by atoms with E-state index < -0.39 is 16.6 Å². The van der Waals surface area contributed by atoms with Crippen molar-refractivity contribution >= 4 is 11.9 Å². The van der Waals surface area contributed by atoms with Crippen LogP contribution in [0.2, 0.25) is 0 Å². The molecule has 1 unspecified atom stereocenters. The summed E-state index contributed by atoms with van der Waals surface area (Å²) in [6.45, 7) is 8.29. The van der Waals surface area contributed by atoms with Crippen LogP contribution in [0.5, 0.6) is 23.0 Å². The fraction of sp³-hybridized carbons (Fsp3) is 0.213. The van der Waals surface area contributed by atoms with Crippen LogP contribution in [-0.2, 0) is 25.2 Å². The van der Waals surface area contributed by atoms with Gasteiger partial charge in [0.1, 0.15) is 41.8 Å². The van der Waals surface area contributed by atoms with Crippen molar-refractivity contribution in [3.8, 4) is 23.0 Å². The van der Waals surface area contributed by atoms with Gasteiger partial charge in [0, 0.05) is 35.0 Å². The van der Waals surface area contributed by atoms with Crippen LogP contribution < -0.4 is 14.2 Å². The summed E-state index contributed by atoms with van der Waals surface area (Å²) in [5.41, 5.74) is 3.37. The molecule has 0 bridgehead atoms. The predicted octanol–water partition coefficient (Wildman–Crippen LogP) is 9.83. The average molecular weight is 751 g/mol. The molecule has 0 amide bonds. The Labute approximate surface area is 327 Å². The molecule has 9 nitrogen and oxygen atoms in total. The molecule has 0 aliphatic heterocycles. The number of aromatic hydroxyl groups is 1. The van der Waals surface area contributed by atoms with Crippen LogP contribution in [0, 0.1) is 24.0 Å². The molecule has 286 valence electrons. The van der Waals surface area contributed by atoms with Crippen molar-refractivity contribution < 1.29 is 29.3 Å². The number of aliphatic imine (C=N–C) groups is 1. The van der Waals surface area contributed by atoms with Crippen LogP contribution in [0.3, 0.4) is 0 Å². The van der Waals surface area contributed by atoms with E-state index in [4.69, 9.17) is 19.2 Å². The molecule has 6 rings (SSSR count). The molecule has 0 saturated carbocycles. The molecule has 0 aliphatic rings. The summed E-state index contributed by atoms with van der Waals surface area (Å²) in [5, 5.41) is 36.5. The first-order chi connectivity index (χ1) is 27.0. The summed E-state index contributed by atoms with van der Waals surface area (Å²) in [7, 11) is 0. The molecule has 56 heavy (non-hydrogen) atoms. The van der Waals surface area contributed by atoms with E-state index in [0.29, 0.717) is 28.4 Å². The SMILES string of the molecule is Cc1ccc(OCc2ccccc2)c(C(O)(c2cc(C)ccc2OCc2ccccc2)C(Cc2ccc(OC(C)C)cc2)N=Cc2cc([N+](=O)[O-])ccc2O)c1. The highest BCUT2D eigenvalue weighted by Crippen LogP contribution is 2.46. The number of benzene rings is 6. The average Bonchev–Trinajstić information content (AvgIpc) is 3.20. The van der Waals surface area contributed by atoms with Crippen molar-refractivity contribution in [2.75, 3.05) is 0 Å². The molecule has 6 aromatic rings. The van der Waals surface area contributed by atoms with E-state index in [1.54, 1.807) is 0 Å². The number of nitro benzene ring substituents is 1. The van der Waals surface area contributed by atoms with Gasteiger partial charge in [-0.15, -0.1) is 0 Å². The lowest BCUT2D eigenvalue weighted by molar-refractivity contribution is -0.384. The lowest BCUT2D eigenvalue weighted by Gasteiger charge is -2.37. The minimum absolute atomic E-state index is 0.0165. The maximum atomic E-state index is 13.9. The minimum Gasteiger partial charge on any atom is -0.507 e. The number of aryl methyl sites for hydroxylation is 2. The van der Waals surface area contributed by atoms with Crippen LogP contribution >= 0.6 is 0 Å². The predicted molar refractivity (Wildman–Crippen MR) is 219 cm³/mol. The smallest absolute Gasteiger partial charge is 0.270 e. The Morgan fingerprint density at radius 2 is 1.25 bits per heavy atom. The molecule has 0 spiro atoms. The first-order valence-electron chi connectivity index (χ1n) is 18.5. The molecule has 0 heterocycles. The highest BCUT2D eigenvalue weighted by atomic mass is 16.6. The summed E-state index contributed by atoms with van der Waals surface area (Å²) in [6.07, 6.45) is 1.56. The normalized spacial score (nSPS) is 12.1. The van der Waals surface area contributed by atoms with Gasteiger partial charge in [-0.2, -0.15) is 0 Å². The number of nitro groups is 1. The Kier molecular flexibility index (Phi) is 12.5. The van der Waals surface area contributed by atoms with E-state index >= 15 is 0 Å². The summed E-state index contributed by atoms with van der Waals surface area (Å²) >= 11 is 0. The largest absolute Gasteiger partial charge is 0.507 e. The van der Waals surface area contributed by atoms with Crippen LogP contribution in [0.25, 0.3) is 0 Å². The molecule has 0 aliphatic carbocycles.